The zero-order valence-corrected chi connectivity index (χ0v) is 15.5. The number of nitrogens with zero attached hydrogens (tertiary/aromatic N) is 2. The second kappa shape index (κ2) is 8.07. The monoisotopic (exact) mass is 369 g/mol. The molecule has 0 saturated carbocycles. The molecule has 7 heteroatoms. The van der Waals surface area contributed by atoms with Crippen molar-refractivity contribution in [3.8, 4) is 0 Å². The number of carbonyl (C=O) groups is 1. The predicted octanol–water partition coefficient (Wildman–Crippen LogP) is 3.77. The van der Waals surface area contributed by atoms with E-state index in [1.165, 1.54) is 18.7 Å². The van der Waals surface area contributed by atoms with E-state index < -0.39 is 10.9 Å². The molecule has 1 aliphatic heterocycles. The van der Waals surface area contributed by atoms with Gasteiger partial charge >= 0.3 is 5.97 Å². The van der Waals surface area contributed by atoms with E-state index in [1.807, 2.05) is 6.07 Å². The fourth-order valence-electron chi connectivity index (χ4n) is 3.41. The largest absolute Gasteiger partial charge is 0.465 e. The van der Waals surface area contributed by atoms with Crippen molar-refractivity contribution in [2.45, 2.75) is 25.8 Å². The number of aryl methyl sites for hydroxylation is 1. The van der Waals surface area contributed by atoms with Crippen molar-refractivity contribution in [2.75, 3.05) is 30.4 Å². The Bertz CT molecular complexity index is 845. The molecule has 0 bridgehead atoms. The molecule has 0 amide bonds. The molecule has 2 aromatic carbocycles. The normalized spacial score (nSPS) is 14.7. The second-order valence-electron chi connectivity index (χ2n) is 6.73. The highest BCUT2D eigenvalue weighted by Gasteiger charge is 2.25. The van der Waals surface area contributed by atoms with E-state index in [0.29, 0.717) is 6.04 Å². The van der Waals surface area contributed by atoms with Crippen LogP contribution < -0.4 is 10.2 Å². The van der Waals surface area contributed by atoms with Gasteiger partial charge in [-0.1, -0.05) is 12.1 Å². The number of nitro groups is 1. The molecule has 0 aromatic heterocycles. The molecule has 1 saturated heterocycles. The molecule has 1 heterocycles. The fourth-order valence-corrected chi connectivity index (χ4v) is 3.41. The molecular weight excluding hydrogens is 346 g/mol. The summed E-state index contributed by atoms with van der Waals surface area (Å²) in [7, 11) is 1.22. The molecule has 3 rings (SSSR count). The van der Waals surface area contributed by atoms with Gasteiger partial charge in [-0.05, 0) is 49.6 Å². The van der Waals surface area contributed by atoms with Gasteiger partial charge in [0.2, 0.25) is 0 Å². The van der Waals surface area contributed by atoms with Crippen LogP contribution in [0.4, 0.5) is 17.1 Å². The number of ether oxygens (including phenoxy) is 1. The zero-order valence-electron chi connectivity index (χ0n) is 15.5. The Kier molecular flexibility index (Phi) is 5.59. The minimum Gasteiger partial charge on any atom is -0.465 e. The summed E-state index contributed by atoms with van der Waals surface area (Å²) in [5.41, 5.74) is 2.90. The number of hydrogen-bond acceptors (Lipinski definition) is 6. The minimum atomic E-state index is -0.695. The van der Waals surface area contributed by atoms with Crippen LogP contribution in [0.1, 0.15) is 28.8 Å². The lowest BCUT2D eigenvalue weighted by molar-refractivity contribution is -0.385. The van der Waals surface area contributed by atoms with E-state index in [-0.39, 0.29) is 11.3 Å². The van der Waals surface area contributed by atoms with Gasteiger partial charge in [0.25, 0.3) is 5.69 Å². The summed E-state index contributed by atoms with van der Waals surface area (Å²) in [6.45, 7) is 3.69. The number of benzene rings is 2. The fraction of sp³-hybridized carbons (Fsp3) is 0.350. The summed E-state index contributed by atoms with van der Waals surface area (Å²) in [6.07, 6.45) is 1.89. The van der Waals surface area contributed by atoms with Crippen LogP contribution in [-0.2, 0) is 4.74 Å². The molecule has 1 fully saturated rings. The maximum absolute atomic E-state index is 11.9. The van der Waals surface area contributed by atoms with Crippen LogP contribution in [-0.4, -0.2) is 37.1 Å². The van der Waals surface area contributed by atoms with Crippen molar-refractivity contribution in [2.24, 2.45) is 0 Å². The van der Waals surface area contributed by atoms with Gasteiger partial charge in [-0.25, -0.2) is 4.79 Å². The first-order valence-electron chi connectivity index (χ1n) is 8.93. The number of anilines is 2. The molecule has 0 atom stereocenters. The van der Waals surface area contributed by atoms with Crippen LogP contribution in [0.25, 0.3) is 0 Å². The van der Waals surface area contributed by atoms with Gasteiger partial charge in [0.1, 0.15) is 5.56 Å². The smallest absolute Gasteiger partial charge is 0.344 e. The second-order valence-corrected chi connectivity index (χ2v) is 6.73. The van der Waals surface area contributed by atoms with E-state index in [4.69, 9.17) is 4.74 Å². The number of carbonyl (C=O) groups excluding carboxylic acids is 1. The van der Waals surface area contributed by atoms with Crippen LogP contribution in [0, 0.1) is 17.0 Å². The quantitative estimate of drug-likeness (QED) is 0.491. The average molecular weight is 369 g/mol. The van der Waals surface area contributed by atoms with Crippen LogP contribution in [0.2, 0.25) is 0 Å². The standard InChI is InChI=1S/C20H23N3O4/c1-14-4-3-5-16(12-14)21-15-8-10-22(11-9-15)17-6-7-19(23(25)26)18(13-17)20(24)27-2/h3-7,12-13,15,21H,8-11H2,1-2H3. The van der Waals surface area contributed by atoms with Crippen molar-refractivity contribution in [1.29, 1.82) is 0 Å². The Morgan fingerprint density at radius 2 is 1.96 bits per heavy atom. The first kappa shape index (κ1) is 18.7. The summed E-state index contributed by atoms with van der Waals surface area (Å²) in [5, 5.41) is 14.7. The van der Waals surface area contributed by atoms with Gasteiger partial charge in [0.15, 0.2) is 0 Å². The molecule has 0 aliphatic carbocycles. The highest BCUT2D eigenvalue weighted by atomic mass is 16.6. The SMILES string of the molecule is COC(=O)c1cc(N2CCC(Nc3cccc(C)c3)CC2)ccc1[N+](=O)[O-]. The predicted molar refractivity (Wildman–Crippen MR) is 104 cm³/mol. The first-order valence-corrected chi connectivity index (χ1v) is 8.93. The van der Waals surface area contributed by atoms with Gasteiger partial charge in [-0.3, -0.25) is 10.1 Å². The van der Waals surface area contributed by atoms with Crippen LogP contribution in [0.5, 0.6) is 0 Å². The molecule has 0 spiro atoms. The van der Waals surface area contributed by atoms with Crippen LogP contribution >= 0.6 is 0 Å². The van der Waals surface area contributed by atoms with E-state index in [2.05, 4.69) is 35.3 Å². The summed E-state index contributed by atoms with van der Waals surface area (Å²) in [5.74, 6) is -0.695. The maximum atomic E-state index is 11.9. The Hall–Kier alpha value is -3.09. The van der Waals surface area contributed by atoms with Crippen molar-refractivity contribution in [3.05, 3.63) is 63.7 Å². The van der Waals surface area contributed by atoms with Crippen molar-refractivity contribution in [3.63, 3.8) is 0 Å². The van der Waals surface area contributed by atoms with Gasteiger partial charge < -0.3 is 15.0 Å². The summed E-state index contributed by atoms with van der Waals surface area (Å²) in [6, 6.07) is 13.3. The van der Waals surface area contributed by atoms with Gasteiger partial charge in [0.05, 0.1) is 12.0 Å². The third kappa shape index (κ3) is 4.36. The number of rotatable bonds is 5. The van der Waals surface area contributed by atoms with E-state index >= 15 is 0 Å². The molecule has 1 N–H and O–H groups in total. The highest BCUT2D eigenvalue weighted by molar-refractivity contribution is 5.95. The number of nitro benzene ring substituents is 1. The highest BCUT2D eigenvalue weighted by Crippen LogP contribution is 2.28. The van der Waals surface area contributed by atoms with E-state index in [1.54, 1.807) is 12.1 Å². The average Bonchev–Trinajstić information content (AvgIpc) is 2.67. The molecule has 0 radical (unpaired) electrons. The molecule has 27 heavy (non-hydrogen) atoms. The van der Waals surface area contributed by atoms with Crippen LogP contribution in [0.15, 0.2) is 42.5 Å². The maximum Gasteiger partial charge on any atom is 0.344 e. The van der Waals surface area contributed by atoms with Crippen LogP contribution in [0.3, 0.4) is 0 Å². The summed E-state index contributed by atoms with van der Waals surface area (Å²) < 4.78 is 4.69. The molecule has 2 aromatic rings. The number of esters is 1. The topological polar surface area (TPSA) is 84.7 Å². The van der Waals surface area contributed by atoms with Gasteiger partial charge in [0, 0.05) is 36.6 Å². The Labute approximate surface area is 158 Å². The lowest BCUT2D eigenvalue weighted by atomic mass is 10.0. The minimum absolute atomic E-state index is 0.0139. The zero-order chi connectivity index (χ0) is 19.4. The Morgan fingerprint density at radius 3 is 2.59 bits per heavy atom. The Balaban J connectivity index is 1.68. The van der Waals surface area contributed by atoms with Crippen molar-refractivity contribution < 1.29 is 14.5 Å². The lowest BCUT2D eigenvalue weighted by Gasteiger charge is -2.34. The number of methoxy groups -OCH3 is 1. The lowest BCUT2D eigenvalue weighted by Crippen LogP contribution is -2.39. The van der Waals surface area contributed by atoms with Gasteiger partial charge in [-0.15, -0.1) is 0 Å². The molecular formula is C20H23N3O4. The van der Waals surface area contributed by atoms with E-state index in [9.17, 15) is 14.9 Å². The number of hydrogen-bond donors (Lipinski definition) is 1. The number of nitrogens with one attached hydrogen (secondary N) is 1. The first-order chi connectivity index (χ1) is 13.0. The molecule has 1 aliphatic rings. The third-order valence-electron chi connectivity index (χ3n) is 4.83. The summed E-state index contributed by atoms with van der Waals surface area (Å²) >= 11 is 0. The van der Waals surface area contributed by atoms with Gasteiger partial charge in [-0.2, -0.15) is 0 Å². The third-order valence-corrected chi connectivity index (χ3v) is 4.83. The summed E-state index contributed by atoms with van der Waals surface area (Å²) in [4.78, 5) is 24.6. The van der Waals surface area contributed by atoms with E-state index in [0.717, 1.165) is 37.3 Å². The Morgan fingerprint density at radius 1 is 1.22 bits per heavy atom. The number of piperidine rings is 1. The van der Waals surface area contributed by atoms with Crippen molar-refractivity contribution in [1.82, 2.24) is 0 Å². The molecule has 7 nitrogen and oxygen atoms in total. The molecule has 0 unspecified atom stereocenters. The molecule has 142 valence electrons. The van der Waals surface area contributed by atoms with Crippen molar-refractivity contribution >= 4 is 23.0 Å².